The minimum Gasteiger partial charge on any atom is -0.103 e. The van der Waals surface area contributed by atoms with Crippen LogP contribution in [0.3, 0.4) is 0 Å². The van der Waals surface area contributed by atoms with Crippen molar-refractivity contribution >= 4 is 0 Å². The average molecular weight is 226 g/mol. The molecule has 0 unspecified atom stereocenters. The Balaban J connectivity index is -0.0000000334. The molecule has 0 nitrogen and oxygen atoms in total. The Hall–Kier alpha value is -1.04. The Bertz CT molecular complexity index is 112. The fourth-order valence-electron chi connectivity index (χ4n) is 0.136. The van der Waals surface area contributed by atoms with Crippen LogP contribution < -0.4 is 0 Å². The first kappa shape index (κ1) is 29.4. The van der Waals surface area contributed by atoms with Gasteiger partial charge in [-0.25, -0.2) is 0 Å². The van der Waals surface area contributed by atoms with E-state index in [0.29, 0.717) is 0 Å². The zero-order valence-electron chi connectivity index (χ0n) is 12.9. The summed E-state index contributed by atoms with van der Waals surface area (Å²) in [6, 6.07) is 0. The van der Waals surface area contributed by atoms with Crippen LogP contribution in [0.1, 0.15) is 55.4 Å². The molecule has 0 rings (SSSR count). The van der Waals surface area contributed by atoms with Gasteiger partial charge in [0.1, 0.15) is 0 Å². The van der Waals surface area contributed by atoms with Crippen LogP contribution in [-0.4, -0.2) is 0 Å². The first-order valence-electron chi connectivity index (χ1n) is 6.13. The highest BCUT2D eigenvalue weighted by Crippen LogP contribution is 1.64. The lowest BCUT2D eigenvalue weighted by Crippen LogP contribution is -1.33. The molecule has 0 aromatic heterocycles. The minimum atomic E-state index is 1.75. The molecule has 0 N–H and O–H groups in total. The van der Waals surface area contributed by atoms with Crippen LogP contribution >= 0.6 is 0 Å². The second-order valence-corrected chi connectivity index (χ2v) is 1.84. The molecule has 0 aliphatic rings. The summed E-state index contributed by atoms with van der Waals surface area (Å²) in [4.78, 5) is 0. The van der Waals surface area contributed by atoms with Crippen LogP contribution in [0.5, 0.6) is 0 Å². The van der Waals surface area contributed by atoms with E-state index < -0.39 is 0 Å². The Morgan fingerprint density at radius 3 is 0.875 bits per heavy atom. The highest BCUT2D eigenvalue weighted by Gasteiger charge is 1.42. The third-order valence-corrected chi connectivity index (χ3v) is 0.662. The van der Waals surface area contributed by atoms with Crippen molar-refractivity contribution in [2.45, 2.75) is 55.4 Å². The van der Waals surface area contributed by atoms with E-state index in [1.165, 1.54) is 0 Å². The summed E-state index contributed by atoms with van der Waals surface area (Å²) >= 11 is 0. The lowest BCUT2D eigenvalue weighted by molar-refractivity contribution is 1.50. The number of rotatable bonds is 1. The summed E-state index contributed by atoms with van der Waals surface area (Å²) in [5.74, 6) is 0. The van der Waals surface area contributed by atoms with Crippen molar-refractivity contribution in [3.05, 3.63) is 49.6 Å². The summed E-state index contributed by atoms with van der Waals surface area (Å²) in [6.07, 6.45) is 11.3. The van der Waals surface area contributed by atoms with E-state index in [-0.39, 0.29) is 0 Å². The van der Waals surface area contributed by atoms with Crippen molar-refractivity contribution < 1.29 is 0 Å². The van der Waals surface area contributed by atoms with Crippen molar-refractivity contribution in [1.29, 1.82) is 0 Å². The molecular weight excluding hydrogens is 192 g/mol. The lowest BCUT2D eigenvalue weighted by atomic mass is 10.5. The van der Waals surface area contributed by atoms with Crippen molar-refractivity contribution in [3.8, 4) is 0 Å². The highest BCUT2D eigenvalue weighted by molar-refractivity contribution is 4.94. The van der Waals surface area contributed by atoms with E-state index in [0.717, 1.165) is 0 Å². The van der Waals surface area contributed by atoms with Gasteiger partial charge in [0, 0.05) is 0 Å². The molecule has 0 aromatic rings. The van der Waals surface area contributed by atoms with Gasteiger partial charge < -0.3 is 0 Å². The summed E-state index contributed by atoms with van der Waals surface area (Å²) in [7, 11) is 0. The van der Waals surface area contributed by atoms with Gasteiger partial charge in [-0.05, 0) is 27.7 Å². The molecule has 98 valence electrons. The van der Waals surface area contributed by atoms with Gasteiger partial charge in [-0.15, -0.1) is 6.58 Å². The predicted molar refractivity (Wildman–Crippen MR) is 84.1 cm³/mol. The Morgan fingerprint density at radius 1 is 0.625 bits per heavy atom. The molecule has 0 aliphatic heterocycles. The van der Waals surface area contributed by atoms with Crippen molar-refractivity contribution in [2.75, 3.05) is 0 Å². The molecule has 16 heavy (non-hydrogen) atoms. The minimum absolute atomic E-state index is 1.75. The summed E-state index contributed by atoms with van der Waals surface area (Å²) in [6.45, 7) is 22.7. The third-order valence-electron chi connectivity index (χ3n) is 0.662. The average Bonchev–Trinajstić information content (AvgIpc) is 2.36. The van der Waals surface area contributed by atoms with E-state index in [4.69, 9.17) is 0 Å². The third kappa shape index (κ3) is 483. The monoisotopic (exact) mass is 226 g/mol. The molecule has 0 heterocycles. The second kappa shape index (κ2) is 95.3. The van der Waals surface area contributed by atoms with Gasteiger partial charge in [0.2, 0.25) is 0 Å². The van der Waals surface area contributed by atoms with Crippen molar-refractivity contribution in [2.24, 2.45) is 0 Å². The molecule has 0 aromatic carbocycles. The molecule has 0 amide bonds. The van der Waals surface area contributed by atoms with Gasteiger partial charge in [0.25, 0.3) is 0 Å². The van der Waals surface area contributed by atoms with Crippen LogP contribution in [0.2, 0.25) is 0 Å². The fourth-order valence-corrected chi connectivity index (χ4v) is 0.136. The topological polar surface area (TPSA) is 0 Å². The Labute approximate surface area is 105 Å². The smallest absolute Gasteiger partial charge is 0.0467 e. The predicted octanol–water partition coefficient (Wildman–Crippen LogP) is 6.58. The first-order valence-corrected chi connectivity index (χ1v) is 6.13. The molecule has 0 saturated carbocycles. The molecule has 0 aliphatic carbocycles. The Morgan fingerprint density at radius 2 is 0.875 bits per heavy atom. The first-order chi connectivity index (χ1) is 7.74. The van der Waals surface area contributed by atoms with E-state index in [2.05, 4.69) is 13.2 Å². The maximum atomic E-state index is 3.46. The van der Waals surface area contributed by atoms with Crippen LogP contribution in [-0.2, 0) is 0 Å². The zero-order valence-corrected chi connectivity index (χ0v) is 12.9. The van der Waals surface area contributed by atoms with E-state index in [1.54, 1.807) is 12.2 Å². The zero-order chi connectivity index (χ0) is 14.2. The molecule has 0 fully saturated rings. The number of hydrogen-bond donors (Lipinski definition) is 0. The van der Waals surface area contributed by atoms with E-state index in [1.807, 2.05) is 79.7 Å². The highest BCUT2D eigenvalue weighted by atomic mass is 13.5. The second-order valence-electron chi connectivity index (χ2n) is 1.84. The molecular formula is C16H34. The number of hydrogen-bond acceptors (Lipinski definition) is 0. The van der Waals surface area contributed by atoms with Crippen LogP contribution in [0.4, 0.5) is 0 Å². The van der Waals surface area contributed by atoms with E-state index in [9.17, 15) is 0 Å². The lowest BCUT2D eigenvalue weighted by Gasteiger charge is -1.56. The van der Waals surface area contributed by atoms with Gasteiger partial charge in [0.15, 0.2) is 0 Å². The summed E-state index contributed by atoms with van der Waals surface area (Å²) < 4.78 is 0. The standard InChI is InChI=1S/C5H8.C4H8.C3H6.2C2H6/c1-3-5-4-2;1-3-4-2;1-3-2;2*1-2/h3-5H,1H2,2H3;3-4H,1-2H3;3H,1H2,2H3;2*1-2H3/b5-4-;4-3-;;;. The van der Waals surface area contributed by atoms with Crippen LogP contribution in [0.15, 0.2) is 49.6 Å². The van der Waals surface area contributed by atoms with Crippen molar-refractivity contribution in [1.82, 2.24) is 0 Å². The van der Waals surface area contributed by atoms with Gasteiger partial charge >= 0.3 is 0 Å². The molecule has 0 bridgehead atoms. The molecule has 0 heteroatoms. The molecule has 0 spiro atoms. The van der Waals surface area contributed by atoms with Crippen LogP contribution in [0.25, 0.3) is 0 Å². The van der Waals surface area contributed by atoms with Gasteiger partial charge in [0.05, 0.1) is 0 Å². The molecule has 0 saturated heterocycles. The van der Waals surface area contributed by atoms with Crippen molar-refractivity contribution in [3.63, 3.8) is 0 Å². The van der Waals surface area contributed by atoms with Crippen LogP contribution in [0, 0.1) is 0 Å². The fraction of sp³-hybridized carbons (Fsp3) is 0.500. The van der Waals surface area contributed by atoms with Gasteiger partial charge in [-0.2, -0.15) is 0 Å². The maximum Gasteiger partial charge on any atom is -0.0467 e. The van der Waals surface area contributed by atoms with Gasteiger partial charge in [-0.1, -0.05) is 70.7 Å². The molecule has 0 atom stereocenters. The van der Waals surface area contributed by atoms with Gasteiger partial charge in [-0.3, -0.25) is 0 Å². The van der Waals surface area contributed by atoms with E-state index >= 15 is 0 Å². The maximum absolute atomic E-state index is 3.46. The molecule has 0 radical (unpaired) electrons. The Kier molecular flexibility index (Phi) is 175. The normalized spacial score (nSPS) is 6.75. The SMILES string of the molecule is C/C=C\C.C=C/C=C\C.C=CC.CC.CC. The largest absolute Gasteiger partial charge is 0.103 e. The quantitative estimate of drug-likeness (QED) is 0.350. The summed E-state index contributed by atoms with van der Waals surface area (Å²) in [5.41, 5.74) is 0. The number of allylic oxidation sites excluding steroid dienone is 6. The summed E-state index contributed by atoms with van der Waals surface area (Å²) in [5, 5.41) is 0.